The van der Waals surface area contributed by atoms with E-state index in [9.17, 15) is 13.6 Å². The van der Waals surface area contributed by atoms with Gasteiger partial charge in [0.1, 0.15) is 23.3 Å². The van der Waals surface area contributed by atoms with Gasteiger partial charge in [0.15, 0.2) is 5.82 Å². The maximum absolute atomic E-state index is 14.2. The monoisotopic (exact) mass is 522 g/mol. The van der Waals surface area contributed by atoms with Crippen LogP contribution in [0.15, 0.2) is 18.2 Å². The number of aromatic nitrogens is 5. The zero-order valence-corrected chi connectivity index (χ0v) is 20.3. The van der Waals surface area contributed by atoms with E-state index in [1.807, 2.05) is 9.80 Å². The molecule has 2 aliphatic rings. The van der Waals surface area contributed by atoms with Gasteiger partial charge in [-0.25, -0.2) is 13.8 Å². The molecule has 2 fully saturated rings. The van der Waals surface area contributed by atoms with Crippen molar-refractivity contribution < 1.29 is 23.0 Å². The number of rotatable bonds is 7. The molecule has 4 heterocycles. The topological polar surface area (TPSA) is 111 Å². The van der Waals surface area contributed by atoms with Crippen molar-refractivity contribution in [1.82, 2.24) is 29.8 Å². The number of fused-ring (bicyclic) bond motifs is 1. The van der Waals surface area contributed by atoms with Crippen LogP contribution in [0, 0.1) is 0 Å². The molecule has 11 nitrogen and oxygen atoms in total. The number of carbonyl (C=O) groups excluding carboxylic acids is 1. The standard InChI is InChI=1S/C22H25ClF2N8O3/c1-35-14-5-2-4-13-17(14)27-19(18(24)25)33(13)22-29-20(31-8-10-36-11-9-31)28-21(30-22)32-7-3-6-15(32)26-16(34)12-23/h2,4-5,15,18H,3,6-12H2,1H3,(H,26,34)/t15-/m0/s1. The number of hydrogen-bond donors (Lipinski definition) is 1. The van der Waals surface area contributed by atoms with Crippen LogP contribution in [0.5, 0.6) is 5.75 Å². The predicted octanol–water partition coefficient (Wildman–Crippen LogP) is 2.27. The molecule has 2 aliphatic heterocycles. The lowest BCUT2D eigenvalue weighted by Crippen LogP contribution is -2.46. The number of halogens is 3. The average Bonchev–Trinajstić information content (AvgIpc) is 3.53. The number of morpholine rings is 1. The molecule has 0 spiro atoms. The van der Waals surface area contributed by atoms with E-state index >= 15 is 0 Å². The second kappa shape index (κ2) is 10.3. The van der Waals surface area contributed by atoms with Gasteiger partial charge in [-0.05, 0) is 25.0 Å². The highest BCUT2D eigenvalue weighted by atomic mass is 35.5. The second-order valence-electron chi connectivity index (χ2n) is 8.32. The van der Waals surface area contributed by atoms with Gasteiger partial charge in [0.05, 0.1) is 25.8 Å². The zero-order valence-electron chi connectivity index (χ0n) is 19.5. The number of nitrogens with zero attached hydrogens (tertiary/aromatic N) is 7. The lowest BCUT2D eigenvalue weighted by atomic mass is 10.3. The summed E-state index contributed by atoms with van der Waals surface area (Å²) in [6.07, 6.45) is -1.81. The fourth-order valence-electron chi connectivity index (χ4n) is 4.47. The van der Waals surface area contributed by atoms with Gasteiger partial charge in [-0.15, -0.1) is 11.6 Å². The summed E-state index contributed by atoms with van der Waals surface area (Å²) < 4.78 is 40.4. The summed E-state index contributed by atoms with van der Waals surface area (Å²) in [6.45, 7) is 2.62. The lowest BCUT2D eigenvalue weighted by Gasteiger charge is -2.29. The quantitative estimate of drug-likeness (QED) is 0.467. The summed E-state index contributed by atoms with van der Waals surface area (Å²) in [4.78, 5) is 33.7. The third-order valence-electron chi connectivity index (χ3n) is 6.14. The highest BCUT2D eigenvalue weighted by Gasteiger charge is 2.31. The van der Waals surface area contributed by atoms with Gasteiger partial charge in [-0.3, -0.25) is 9.36 Å². The fourth-order valence-corrected chi connectivity index (χ4v) is 4.55. The molecular formula is C22H25ClF2N8O3. The molecule has 5 rings (SSSR count). The first-order valence-corrected chi connectivity index (χ1v) is 12.1. The number of alkyl halides is 3. The minimum Gasteiger partial charge on any atom is -0.494 e. The molecule has 2 saturated heterocycles. The van der Waals surface area contributed by atoms with Gasteiger partial charge < -0.3 is 24.6 Å². The van der Waals surface area contributed by atoms with Crippen LogP contribution in [0.2, 0.25) is 0 Å². The highest BCUT2D eigenvalue weighted by Crippen LogP contribution is 2.33. The van der Waals surface area contributed by atoms with Crippen LogP contribution in [0.4, 0.5) is 20.7 Å². The number of methoxy groups -OCH3 is 1. The summed E-state index contributed by atoms with van der Waals surface area (Å²) >= 11 is 5.69. The molecule has 1 N–H and O–H groups in total. The molecule has 1 amide bonds. The van der Waals surface area contributed by atoms with Gasteiger partial charge in [-0.2, -0.15) is 15.0 Å². The minimum atomic E-state index is -2.89. The molecule has 14 heteroatoms. The van der Waals surface area contributed by atoms with Crippen LogP contribution in [0.1, 0.15) is 25.1 Å². The van der Waals surface area contributed by atoms with Crippen LogP contribution >= 0.6 is 11.6 Å². The van der Waals surface area contributed by atoms with Crippen LogP contribution < -0.4 is 19.9 Å². The molecule has 2 aromatic heterocycles. The molecule has 0 unspecified atom stereocenters. The minimum absolute atomic E-state index is 0.00173. The molecule has 0 radical (unpaired) electrons. The van der Waals surface area contributed by atoms with E-state index in [0.717, 1.165) is 6.42 Å². The summed E-state index contributed by atoms with van der Waals surface area (Å²) in [7, 11) is 1.45. The van der Waals surface area contributed by atoms with Gasteiger partial charge in [0, 0.05) is 19.6 Å². The molecule has 0 aliphatic carbocycles. The number of anilines is 2. The number of imidazole rings is 1. The van der Waals surface area contributed by atoms with Crippen molar-refractivity contribution in [3.8, 4) is 11.7 Å². The smallest absolute Gasteiger partial charge is 0.296 e. The van der Waals surface area contributed by atoms with E-state index in [0.29, 0.717) is 56.5 Å². The SMILES string of the molecule is COc1cccc2c1nc(C(F)F)n2-c1nc(N2CCOCC2)nc(N2CCC[C@H]2NC(=O)CCl)n1. The van der Waals surface area contributed by atoms with E-state index in [4.69, 9.17) is 21.1 Å². The van der Waals surface area contributed by atoms with Crippen molar-refractivity contribution in [3.63, 3.8) is 0 Å². The molecule has 1 aromatic carbocycles. The number of benzene rings is 1. The largest absolute Gasteiger partial charge is 0.494 e. The first-order chi connectivity index (χ1) is 17.5. The Morgan fingerprint density at radius 3 is 2.64 bits per heavy atom. The normalized spacial score (nSPS) is 18.3. The molecule has 0 bridgehead atoms. The molecule has 3 aromatic rings. The maximum atomic E-state index is 14.2. The zero-order chi connectivity index (χ0) is 25.2. The Morgan fingerprint density at radius 2 is 1.92 bits per heavy atom. The first kappa shape index (κ1) is 24.4. The van der Waals surface area contributed by atoms with Crippen molar-refractivity contribution in [2.45, 2.75) is 25.4 Å². The van der Waals surface area contributed by atoms with Gasteiger partial charge in [-0.1, -0.05) is 6.07 Å². The Bertz CT molecular complexity index is 1250. The number of amides is 1. The van der Waals surface area contributed by atoms with Gasteiger partial charge >= 0.3 is 0 Å². The van der Waals surface area contributed by atoms with Gasteiger partial charge in [0.2, 0.25) is 23.8 Å². The summed E-state index contributed by atoms with van der Waals surface area (Å²) in [5, 5.41) is 2.87. The molecule has 36 heavy (non-hydrogen) atoms. The summed E-state index contributed by atoms with van der Waals surface area (Å²) in [5.74, 6) is -0.0358. The Hall–Kier alpha value is -3.32. The number of carbonyl (C=O) groups is 1. The second-order valence-corrected chi connectivity index (χ2v) is 8.59. The Labute approximate surface area is 210 Å². The average molecular weight is 523 g/mol. The third-order valence-corrected chi connectivity index (χ3v) is 6.38. The summed E-state index contributed by atoms with van der Waals surface area (Å²) in [5.41, 5.74) is 0.654. The van der Waals surface area contributed by atoms with E-state index in [-0.39, 0.29) is 35.4 Å². The Kier molecular flexibility index (Phi) is 7.01. The van der Waals surface area contributed by atoms with E-state index in [1.165, 1.54) is 11.7 Å². The Balaban J connectivity index is 1.67. The third kappa shape index (κ3) is 4.60. The number of ether oxygens (including phenoxy) is 2. The number of nitrogens with one attached hydrogen (secondary N) is 1. The first-order valence-electron chi connectivity index (χ1n) is 11.5. The lowest BCUT2D eigenvalue weighted by molar-refractivity contribution is -0.119. The summed E-state index contributed by atoms with van der Waals surface area (Å²) in [6, 6.07) is 5.01. The molecule has 1 atom stereocenters. The highest BCUT2D eigenvalue weighted by molar-refractivity contribution is 6.27. The molecular weight excluding hydrogens is 498 g/mol. The maximum Gasteiger partial charge on any atom is 0.296 e. The van der Waals surface area contributed by atoms with E-state index < -0.39 is 12.2 Å². The molecule has 192 valence electrons. The molecule has 0 saturated carbocycles. The van der Waals surface area contributed by atoms with E-state index in [2.05, 4.69) is 25.3 Å². The van der Waals surface area contributed by atoms with E-state index in [1.54, 1.807) is 18.2 Å². The number of para-hydroxylation sites is 1. The van der Waals surface area contributed by atoms with Crippen molar-refractivity contribution in [3.05, 3.63) is 24.0 Å². The van der Waals surface area contributed by atoms with Crippen molar-refractivity contribution >= 4 is 40.4 Å². The van der Waals surface area contributed by atoms with Crippen molar-refractivity contribution in [2.24, 2.45) is 0 Å². The van der Waals surface area contributed by atoms with Crippen LogP contribution in [0.3, 0.4) is 0 Å². The van der Waals surface area contributed by atoms with Crippen molar-refractivity contribution in [1.29, 1.82) is 0 Å². The Morgan fingerprint density at radius 1 is 1.17 bits per heavy atom. The van der Waals surface area contributed by atoms with Crippen molar-refractivity contribution in [2.75, 3.05) is 55.6 Å². The predicted molar refractivity (Wildman–Crippen MR) is 128 cm³/mol. The van der Waals surface area contributed by atoms with Crippen LogP contribution in [-0.2, 0) is 9.53 Å². The van der Waals surface area contributed by atoms with Gasteiger partial charge in [0.25, 0.3) is 6.43 Å². The fraction of sp³-hybridized carbons (Fsp3) is 0.500. The van der Waals surface area contributed by atoms with Crippen LogP contribution in [-0.4, -0.2) is 82.4 Å². The number of hydrogen-bond acceptors (Lipinski definition) is 9. The van der Waals surface area contributed by atoms with Crippen LogP contribution in [0.25, 0.3) is 17.0 Å².